The van der Waals surface area contributed by atoms with Crippen molar-refractivity contribution in [3.63, 3.8) is 0 Å². The highest BCUT2D eigenvalue weighted by atomic mass is 35.5. The minimum absolute atomic E-state index is 0.187. The van der Waals surface area contributed by atoms with Crippen molar-refractivity contribution in [1.82, 2.24) is 9.88 Å². The van der Waals surface area contributed by atoms with Gasteiger partial charge in [0.2, 0.25) is 5.91 Å². The van der Waals surface area contributed by atoms with E-state index in [0.29, 0.717) is 56.0 Å². The number of benzene rings is 1. The van der Waals surface area contributed by atoms with E-state index in [-0.39, 0.29) is 11.7 Å². The number of aromatic nitrogens is 1. The molecule has 5 rings (SSSR count). The van der Waals surface area contributed by atoms with Crippen LogP contribution < -0.4 is 4.90 Å². The summed E-state index contributed by atoms with van der Waals surface area (Å²) in [6.45, 7) is 2.31. The fourth-order valence-corrected chi connectivity index (χ4v) is 5.31. The second-order valence-corrected chi connectivity index (χ2v) is 10.2. The number of nitrogens with zero attached hydrogens (tertiary/aromatic N) is 4. The number of pyridine rings is 1. The van der Waals surface area contributed by atoms with Crippen LogP contribution in [0, 0.1) is 0 Å². The van der Waals surface area contributed by atoms with Crippen LogP contribution in [0.4, 0.5) is 19.0 Å². The Labute approximate surface area is 218 Å². The maximum Gasteiger partial charge on any atom is 0.433 e. The van der Waals surface area contributed by atoms with Crippen LogP contribution in [-0.2, 0) is 15.8 Å². The lowest BCUT2D eigenvalue weighted by atomic mass is 9.85. The predicted molar refractivity (Wildman–Crippen MR) is 137 cm³/mol. The van der Waals surface area contributed by atoms with E-state index in [1.807, 2.05) is 29.2 Å². The van der Waals surface area contributed by atoms with Crippen molar-refractivity contribution in [3.05, 3.63) is 64.3 Å². The number of alkyl halides is 3. The number of carbonyl (C=O) groups is 1. The summed E-state index contributed by atoms with van der Waals surface area (Å²) in [5, 5.41) is 4.94. The van der Waals surface area contributed by atoms with Gasteiger partial charge in [-0.2, -0.15) is 13.2 Å². The molecule has 6 nitrogen and oxygen atoms in total. The van der Waals surface area contributed by atoms with E-state index in [0.717, 1.165) is 36.6 Å². The third kappa shape index (κ3) is 5.76. The topological polar surface area (TPSA) is 58.0 Å². The molecule has 0 aliphatic carbocycles. The highest BCUT2D eigenvalue weighted by Crippen LogP contribution is 2.37. The number of halogens is 4. The molecular formula is C27H28ClF3N4O2. The summed E-state index contributed by atoms with van der Waals surface area (Å²) in [5.41, 5.74) is 0.934. The third-order valence-electron chi connectivity index (χ3n) is 7.24. The van der Waals surface area contributed by atoms with Gasteiger partial charge in [0.1, 0.15) is 17.1 Å². The van der Waals surface area contributed by atoms with Crippen LogP contribution in [0.25, 0.3) is 6.08 Å². The van der Waals surface area contributed by atoms with Crippen LogP contribution in [0.1, 0.15) is 55.3 Å². The largest absolute Gasteiger partial charge is 0.433 e. The lowest BCUT2D eigenvalue weighted by Crippen LogP contribution is -2.46. The van der Waals surface area contributed by atoms with E-state index in [4.69, 9.17) is 16.4 Å². The predicted octanol–water partition coefficient (Wildman–Crippen LogP) is 5.94. The second-order valence-electron chi connectivity index (χ2n) is 9.81. The van der Waals surface area contributed by atoms with E-state index in [9.17, 15) is 18.0 Å². The molecule has 10 heteroatoms. The molecule has 2 saturated heterocycles. The van der Waals surface area contributed by atoms with Crippen LogP contribution in [-0.4, -0.2) is 53.3 Å². The number of piperidine rings is 2. The van der Waals surface area contributed by atoms with Gasteiger partial charge in [0.15, 0.2) is 0 Å². The fourth-order valence-electron chi connectivity index (χ4n) is 5.12. The standard InChI is InChI=1S/C27H28ClF3N4O2/c28-21-6-4-5-20(17-21)22-18-26(37-33-22)11-15-34(16-12-26)24(36)10-8-19-7-9-23(27(29,30)31)32-25(19)35-13-2-1-3-14-35/h4-10,17H,1-3,11-16,18H2/b10-8+. The summed E-state index contributed by atoms with van der Waals surface area (Å²) < 4.78 is 39.9. The van der Waals surface area contributed by atoms with Crippen LogP contribution in [0.5, 0.6) is 0 Å². The van der Waals surface area contributed by atoms with Gasteiger partial charge in [-0.1, -0.05) is 28.9 Å². The molecule has 2 fully saturated rings. The molecule has 37 heavy (non-hydrogen) atoms. The van der Waals surface area contributed by atoms with Crippen LogP contribution >= 0.6 is 11.6 Å². The minimum Gasteiger partial charge on any atom is -0.388 e. The van der Waals surface area contributed by atoms with Crippen molar-refractivity contribution >= 4 is 35.1 Å². The number of rotatable bonds is 4. The number of oxime groups is 1. The molecule has 1 aromatic heterocycles. The van der Waals surface area contributed by atoms with Gasteiger partial charge < -0.3 is 14.6 Å². The van der Waals surface area contributed by atoms with Crippen molar-refractivity contribution in [1.29, 1.82) is 0 Å². The first kappa shape index (κ1) is 25.6. The van der Waals surface area contributed by atoms with Crippen LogP contribution in [0.15, 0.2) is 47.6 Å². The summed E-state index contributed by atoms with van der Waals surface area (Å²) in [4.78, 5) is 26.3. The number of hydrogen-bond acceptors (Lipinski definition) is 5. The molecule has 3 aliphatic heterocycles. The molecule has 1 aromatic carbocycles. The van der Waals surface area contributed by atoms with Gasteiger partial charge in [-0.25, -0.2) is 4.98 Å². The zero-order valence-electron chi connectivity index (χ0n) is 20.3. The lowest BCUT2D eigenvalue weighted by Gasteiger charge is -2.36. The number of amides is 1. The lowest BCUT2D eigenvalue weighted by molar-refractivity contribution is -0.141. The first-order valence-electron chi connectivity index (χ1n) is 12.5. The summed E-state index contributed by atoms with van der Waals surface area (Å²) >= 11 is 6.11. The summed E-state index contributed by atoms with van der Waals surface area (Å²) in [6.07, 6.45) is 3.27. The van der Waals surface area contributed by atoms with E-state index < -0.39 is 17.5 Å². The molecule has 0 N–H and O–H groups in total. The van der Waals surface area contributed by atoms with Gasteiger partial charge in [-0.05, 0) is 49.6 Å². The average Bonchev–Trinajstić information content (AvgIpc) is 3.31. The monoisotopic (exact) mass is 532 g/mol. The van der Waals surface area contributed by atoms with E-state index >= 15 is 0 Å². The molecule has 4 heterocycles. The molecule has 0 bridgehead atoms. The Kier molecular flexibility index (Phi) is 7.16. The van der Waals surface area contributed by atoms with Gasteiger partial charge in [-0.15, -0.1) is 0 Å². The molecule has 0 saturated carbocycles. The summed E-state index contributed by atoms with van der Waals surface area (Å²) in [7, 11) is 0. The van der Waals surface area contributed by atoms with Gasteiger partial charge in [0.25, 0.3) is 0 Å². The Morgan fingerprint density at radius 2 is 1.81 bits per heavy atom. The molecule has 1 amide bonds. The Balaban J connectivity index is 1.24. The smallest absolute Gasteiger partial charge is 0.388 e. The number of likely N-dealkylation sites (tertiary alicyclic amines) is 1. The Morgan fingerprint density at radius 1 is 1.05 bits per heavy atom. The summed E-state index contributed by atoms with van der Waals surface area (Å²) in [6, 6.07) is 9.87. The Morgan fingerprint density at radius 3 is 2.51 bits per heavy atom. The minimum atomic E-state index is -4.52. The van der Waals surface area contributed by atoms with Gasteiger partial charge in [-0.3, -0.25) is 4.79 Å². The molecule has 0 unspecified atom stereocenters. The first-order chi connectivity index (χ1) is 17.7. The molecule has 3 aliphatic rings. The number of hydrogen-bond donors (Lipinski definition) is 0. The molecule has 0 atom stereocenters. The van der Waals surface area contributed by atoms with Gasteiger partial charge in [0.05, 0.1) is 5.71 Å². The zero-order valence-corrected chi connectivity index (χ0v) is 21.1. The quantitative estimate of drug-likeness (QED) is 0.457. The fraction of sp³-hybridized carbons (Fsp3) is 0.444. The summed E-state index contributed by atoms with van der Waals surface area (Å²) in [5.74, 6) is 0.0922. The van der Waals surface area contributed by atoms with Crippen molar-refractivity contribution in [2.24, 2.45) is 5.16 Å². The first-order valence-corrected chi connectivity index (χ1v) is 12.9. The van der Waals surface area contributed by atoms with Gasteiger partial charge in [0, 0.05) is 67.7 Å². The van der Waals surface area contributed by atoms with Crippen molar-refractivity contribution in [3.8, 4) is 0 Å². The molecule has 2 aromatic rings. The average molecular weight is 533 g/mol. The van der Waals surface area contributed by atoms with E-state index in [1.54, 1.807) is 11.0 Å². The van der Waals surface area contributed by atoms with E-state index in [1.165, 1.54) is 12.1 Å². The van der Waals surface area contributed by atoms with E-state index in [2.05, 4.69) is 10.1 Å². The van der Waals surface area contributed by atoms with Gasteiger partial charge >= 0.3 is 6.18 Å². The highest BCUT2D eigenvalue weighted by molar-refractivity contribution is 6.31. The maximum absolute atomic E-state index is 13.3. The number of anilines is 1. The highest BCUT2D eigenvalue weighted by Gasteiger charge is 2.43. The number of carbonyl (C=O) groups excluding carboxylic acids is 1. The van der Waals surface area contributed by atoms with Crippen LogP contribution in [0.3, 0.4) is 0 Å². The second kappa shape index (κ2) is 10.4. The van der Waals surface area contributed by atoms with Crippen molar-refractivity contribution < 1.29 is 22.8 Å². The Hall–Kier alpha value is -3.07. The molecular weight excluding hydrogens is 505 g/mol. The maximum atomic E-state index is 13.3. The zero-order chi connectivity index (χ0) is 26.0. The SMILES string of the molecule is O=C(/C=C/c1ccc(C(F)(F)F)nc1N1CCCCC1)N1CCC2(CC1)CC(c1cccc(Cl)c1)=NO2. The molecule has 0 radical (unpaired) electrons. The van der Waals surface area contributed by atoms with Crippen molar-refractivity contribution in [2.45, 2.75) is 50.3 Å². The normalized spacial score (nSPS) is 19.8. The Bertz CT molecular complexity index is 1220. The van der Waals surface area contributed by atoms with Crippen LogP contribution in [0.2, 0.25) is 5.02 Å². The van der Waals surface area contributed by atoms with Crippen molar-refractivity contribution in [2.75, 3.05) is 31.1 Å². The molecule has 196 valence electrons. The molecule has 1 spiro atoms. The third-order valence-corrected chi connectivity index (χ3v) is 7.48.